The van der Waals surface area contributed by atoms with Gasteiger partial charge in [0, 0.05) is 16.1 Å². The number of rotatable bonds is 4. The fourth-order valence-corrected chi connectivity index (χ4v) is 3.85. The zero-order chi connectivity index (χ0) is 21.3. The first kappa shape index (κ1) is 20.1. The van der Waals surface area contributed by atoms with E-state index in [1.165, 1.54) is 6.07 Å². The van der Waals surface area contributed by atoms with E-state index in [1.807, 2.05) is 30.3 Å². The lowest BCUT2D eigenvalue weighted by Gasteiger charge is -2.26. The van der Waals surface area contributed by atoms with Crippen molar-refractivity contribution in [3.05, 3.63) is 98.3 Å². The van der Waals surface area contributed by atoms with Gasteiger partial charge in [0.25, 0.3) is 0 Å². The summed E-state index contributed by atoms with van der Waals surface area (Å²) in [4.78, 5) is 0. The monoisotopic (exact) mass is 482 g/mol. The second-order valence-corrected chi connectivity index (χ2v) is 8.07. The molecule has 30 heavy (non-hydrogen) atoms. The molecule has 0 saturated carbocycles. The molecule has 1 aliphatic heterocycles. The van der Waals surface area contributed by atoms with Gasteiger partial charge in [0.15, 0.2) is 0 Å². The zero-order valence-corrected chi connectivity index (χ0v) is 17.9. The molecule has 1 aliphatic rings. The molecule has 0 aromatic heterocycles. The summed E-state index contributed by atoms with van der Waals surface area (Å²) >= 11 is 9.89. The molecule has 0 fully saturated rings. The van der Waals surface area contributed by atoms with Gasteiger partial charge >= 0.3 is 0 Å². The van der Waals surface area contributed by atoms with Crippen molar-refractivity contribution < 1.29 is 14.6 Å². The molecular formula is C23H16BrClN2O3. The summed E-state index contributed by atoms with van der Waals surface area (Å²) in [6, 6.07) is 20.1. The summed E-state index contributed by atoms with van der Waals surface area (Å²) in [6.45, 7) is 0.377. The smallest absolute Gasteiger partial charge is 0.205 e. The predicted molar refractivity (Wildman–Crippen MR) is 117 cm³/mol. The van der Waals surface area contributed by atoms with Gasteiger partial charge in [-0.05, 0) is 41.5 Å². The van der Waals surface area contributed by atoms with Gasteiger partial charge in [-0.2, -0.15) is 5.26 Å². The van der Waals surface area contributed by atoms with Crippen molar-refractivity contribution >= 4 is 27.5 Å². The number of fused-ring (bicyclic) bond motifs is 1. The van der Waals surface area contributed by atoms with E-state index < -0.39 is 5.92 Å². The average Bonchev–Trinajstić information content (AvgIpc) is 2.73. The van der Waals surface area contributed by atoms with Crippen molar-refractivity contribution in [3.63, 3.8) is 0 Å². The van der Waals surface area contributed by atoms with Gasteiger partial charge in [-0.1, -0.05) is 51.8 Å². The van der Waals surface area contributed by atoms with Crippen LogP contribution >= 0.6 is 27.5 Å². The largest absolute Gasteiger partial charge is 0.508 e. The Morgan fingerprint density at radius 3 is 2.60 bits per heavy atom. The fraction of sp³-hybridized carbons (Fsp3) is 0.0870. The number of benzene rings is 3. The summed E-state index contributed by atoms with van der Waals surface area (Å²) < 4.78 is 12.4. The van der Waals surface area contributed by atoms with E-state index in [-0.39, 0.29) is 17.2 Å². The molecule has 0 amide bonds. The minimum absolute atomic E-state index is 0.00675. The van der Waals surface area contributed by atoms with Gasteiger partial charge in [0.05, 0.1) is 10.9 Å². The third kappa shape index (κ3) is 3.95. The molecule has 5 nitrogen and oxygen atoms in total. The molecule has 0 saturated heterocycles. The number of nitrogens with zero attached hydrogens (tertiary/aromatic N) is 1. The average molecular weight is 484 g/mol. The van der Waals surface area contributed by atoms with E-state index in [1.54, 1.807) is 24.3 Å². The van der Waals surface area contributed by atoms with E-state index in [0.29, 0.717) is 23.1 Å². The van der Waals surface area contributed by atoms with Gasteiger partial charge < -0.3 is 20.3 Å². The number of phenolic OH excluding ortho intramolecular Hbond substituents is 1. The molecule has 0 unspecified atom stereocenters. The number of ether oxygens (including phenoxy) is 2. The molecule has 1 heterocycles. The zero-order valence-electron chi connectivity index (χ0n) is 15.6. The topological polar surface area (TPSA) is 88.5 Å². The van der Waals surface area contributed by atoms with Crippen LogP contribution in [0.3, 0.4) is 0 Å². The number of hydrogen-bond acceptors (Lipinski definition) is 5. The van der Waals surface area contributed by atoms with Crippen LogP contribution in [0.15, 0.2) is 76.6 Å². The minimum Gasteiger partial charge on any atom is -0.508 e. The number of nitrogens with two attached hydrogens (primary N) is 1. The molecular weight excluding hydrogens is 468 g/mol. The van der Waals surface area contributed by atoms with Crippen molar-refractivity contribution in [2.45, 2.75) is 12.5 Å². The highest BCUT2D eigenvalue weighted by Crippen LogP contribution is 2.44. The molecule has 150 valence electrons. The second-order valence-electron chi connectivity index (χ2n) is 6.75. The molecule has 0 aliphatic carbocycles. The van der Waals surface area contributed by atoms with Crippen LogP contribution in [0.5, 0.6) is 17.2 Å². The summed E-state index contributed by atoms with van der Waals surface area (Å²) in [7, 11) is 0. The van der Waals surface area contributed by atoms with Gasteiger partial charge in [0.1, 0.15) is 35.5 Å². The number of allylic oxidation sites excluding steroid dienone is 1. The highest BCUT2D eigenvalue weighted by Gasteiger charge is 2.31. The quantitative estimate of drug-likeness (QED) is 0.504. The van der Waals surface area contributed by atoms with Crippen LogP contribution in [0.1, 0.15) is 22.6 Å². The van der Waals surface area contributed by atoms with E-state index in [2.05, 4.69) is 22.0 Å². The Morgan fingerprint density at radius 1 is 1.13 bits per heavy atom. The van der Waals surface area contributed by atoms with Gasteiger partial charge in [-0.3, -0.25) is 0 Å². The molecule has 4 rings (SSSR count). The number of nitriles is 1. The summed E-state index contributed by atoms with van der Waals surface area (Å²) in [5.41, 5.74) is 8.75. The maximum absolute atomic E-state index is 9.76. The SMILES string of the molecule is N#CC1=C(N)Oc2cc(O)ccc2[C@@H]1c1ccc(OCc2ccc(Br)cc2)c(Cl)c1. The number of halogens is 2. The summed E-state index contributed by atoms with van der Waals surface area (Å²) in [5, 5.41) is 19.8. The Morgan fingerprint density at radius 2 is 1.90 bits per heavy atom. The van der Waals surface area contributed by atoms with Crippen LogP contribution in [0.4, 0.5) is 0 Å². The molecule has 0 spiro atoms. The van der Waals surface area contributed by atoms with E-state index in [4.69, 9.17) is 26.8 Å². The Labute approximate surface area is 187 Å². The highest BCUT2D eigenvalue weighted by atomic mass is 79.9. The fourth-order valence-electron chi connectivity index (χ4n) is 3.34. The van der Waals surface area contributed by atoms with Gasteiger partial charge in [0.2, 0.25) is 5.88 Å². The predicted octanol–water partition coefficient (Wildman–Crippen LogP) is 5.61. The van der Waals surface area contributed by atoms with Crippen LogP contribution in [-0.2, 0) is 6.61 Å². The maximum Gasteiger partial charge on any atom is 0.205 e. The lowest BCUT2D eigenvalue weighted by Crippen LogP contribution is -2.21. The molecule has 0 radical (unpaired) electrons. The van der Waals surface area contributed by atoms with Crippen LogP contribution in [0.2, 0.25) is 5.02 Å². The number of aromatic hydroxyl groups is 1. The van der Waals surface area contributed by atoms with Crippen LogP contribution in [0.25, 0.3) is 0 Å². The van der Waals surface area contributed by atoms with Gasteiger partial charge in [-0.25, -0.2) is 0 Å². The van der Waals surface area contributed by atoms with Crippen molar-refractivity contribution in [2.75, 3.05) is 0 Å². The molecule has 3 aromatic rings. The first-order valence-corrected chi connectivity index (χ1v) is 10.2. The van der Waals surface area contributed by atoms with Crippen molar-refractivity contribution in [1.29, 1.82) is 5.26 Å². The van der Waals surface area contributed by atoms with Crippen LogP contribution in [0, 0.1) is 11.3 Å². The van der Waals surface area contributed by atoms with Crippen molar-refractivity contribution in [2.24, 2.45) is 5.73 Å². The summed E-state index contributed by atoms with van der Waals surface area (Å²) in [5.74, 6) is 0.542. The molecule has 7 heteroatoms. The Bertz CT molecular complexity index is 1190. The van der Waals surface area contributed by atoms with Crippen LogP contribution < -0.4 is 15.2 Å². The third-order valence-electron chi connectivity index (χ3n) is 4.80. The first-order chi connectivity index (χ1) is 14.5. The lowest BCUT2D eigenvalue weighted by molar-refractivity contribution is 0.306. The Hall–Kier alpha value is -3.14. The molecule has 1 atom stereocenters. The molecule has 3 N–H and O–H groups in total. The normalized spacial score (nSPS) is 15.2. The first-order valence-electron chi connectivity index (χ1n) is 9.03. The Kier molecular flexibility index (Phi) is 5.58. The molecule has 3 aromatic carbocycles. The number of hydrogen-bond donors (Lipinski definition) is 2. The lowest BCUT2D eigenvalue weighted by atomic mass is 9.83. The second kappa shape index (κ2) is 8.31. The van der Waals surface area contributed by atoms with E-state index >= 15 is 0 Å². The Balaban J connectivity index is 1.65. The van der Waals surface area contributed by atoms with Gasteiger partial charge in [-0.15, -0.1) is 0 Å². The highest BCUT2D eigenvalue weighted by molar-refractivity contribution is 9.10. The standard InChI is InChI=1S/C23H16BrClN2O3/c24-15-4-1-13(2-5-15)12-29-20-8-3-14(9-19(20)25)22-17-7-6-16(28)10-21(17)30-23(27)18(22)11-26/h1-10,22,28H,12,27H2/t22-/m0/s1. The number of phenols is 1. The maximum atomic E-state index is 9.76. The molecule has 0 bridgehead atoms. The van der Waals surface area contributed by atoms with E-state index in [0.717, 1.165) is 21.2 Å². The third-order valence-corrected chi connectivity index (χ3v) is 5.62. The van der Waals surface area contributed by atoms with Crippen LogP contribution in [-0.4, -0.2) is 5.11 Å². The van der Waals surface area contributed by atoms with E-state index in [9.17, 15) is 10.4 Å². The van der Waals surface area contributed by atoms with Crippen molar-refractivity contribution in [3.8, 4) is 23.3 Å². The summed E-state index contributed by atoms with van der Waals surface area (Å²) in [6.07, 6.45) is 0. The van der Waals surface area contributed by atoms with Crippen molar-refractivity contribution in [1.82, 2.24) is 0 Å². The minimum atomic E-state index is -0.461.